The second-order valence-electron chi connectivity index (χ2n) is 6.16. The highest BCUT2D eigenvalue weighted by Crippen LogP contribution is 2.36. The molecule has 0 aliphatic carbocycles. The Morgan fingerprint density at radius 1 is 1.32 bits per heavy atom. The van der Waals surface area contributed by atoms with Gasteiger partial charge >= 0.3 is 0 Å². The predicted molar refractivity (Wildman–Crippen MR) is 97.3 cm³/mol. The first-order valence-corrected chi connectivity index (χ1v) is 8.36. The minimum Gasteiger partial charge on any atom is -0.490 e. The van der Waals surface area contributed by atoms with Crippen LogP contribution in [0.4, 0.5) is 5.69 Å². The van der Waals surface area contributed by atoms with E-state index in [0.29, 0.717) is 13.0 Å². The molecule has 1 aromatic carbocycles. The van der Waals surface area contributed by atoms with E-state index in [9.17, 15) is 4.79 Å². The smallest absolute Gasteiger partial charge is 0.243 e. The summed E-state index contributed by atoms with van der Waals surface area (Å²) >= 11 is 0. The highest BCUT2D eigenvalue weighted by atomic mass is 16.5. The van der Waals surface area contributed by atoms with Crippen LogP contribution in [-0.2, 0) is 11.2 Å². The number of pyridine rings is 1. The largest absolute Gasteiger partial charge is 0.490 e. The molecule has 1 unspecified atom stereocenters. The van der Waals surface area contributed by atoms with Gasteiger partial charge < -0.3 is 15.4 Å². The zero-order valence-corrected chi connectivity index (χ0v) is 14.3. The van der Waals surface area contributed by atoms with E-state index in [4.69, 9.17) is 10.5 Å². The highest BCUT2D eigenvalue weighted by Gasteiger charge is 2.28. The molecule has 6 nitrogen and oxygen atoms in total. The average Bonchev–Trinajstić information content (AvgIpc) is 2.95. The molecule has 0 spiro atoms. The number of nitrogens with zero attached hydrogens (tertiary/aromatic N) is 3. The molecule has 1 atom stereocenters. The van der Waals surface area contributed by atoms with Gasteiger partial charge in [0.25, 0.3) is 0 Å². The van der Waals surface area contributed by atoms with Crippen molar-refractivity contribution < 1.29 is 9.53 Å². The zero-order valence-electron chi connectivity index (χ0n) is 14.3. The first-order valence-electron chi connectivity index (χ1n) is 8.36. The Morgan fingerprint density at radius 2 is 2.16 bits per heavy atom. The van der Waals surface area contributed by atoms with Crippen molar-refractivity contribution in [1.29, 1.82) is 0 Å². The number of rotatable bonds is 3. The fourth-order valence-corrected chi connectivity index (χ4v) is 3.48. The Labute approximate surface area is 145 Å². The molecular weight excluding hydrogens is 316 g/mol. The lowest BCUT2D eigenvalue weighted by Crippen LogP contribution is -2.42. The van der Waals surface area contributed by atoms with Gasteiger partial charge in [-0.15, -0.1) is 0 Å². The molecule has 1 amide bonds. The van der Waals surface area contributed by atoms with Crippen LogP contribution >= 0.6 is 0 Å². The highest BCUT2D eigenvalue weighted by molar-refractivity contribution is 6.08. The van der Waals surface area contributed by atoms with Gasteiger partial charge in [-0.2, -0.15) is 0 Å². The topological polar surface area (TPSA) is 73.4 Å². The maximum atomic E-state index is 12.4. The summed E-state index contributed by atoms with van der Waals surface area (Å²) in [5.41, 5.74) is 9.01. The summed E-state index contributed by atoms with van der Waals surface area (Å²) in [7, 11) is 1.77. The molecule has 3 heterocycles. The number of benzene rings is 1. The van der Waals surface area contributed by atoms with Crippen molar-refractivity contribution in [2.75, 3.05) is 18.6 Å². The maximum Gasteiger partial charge on any atom is 0.243 e. The number of ether oxygens (including phenoxy) is 1. The van der Waals surface area contributed by atoms with Crippen molar-refractivity contribution in [2.24, 2.45) is 5.73 Å². The molecule has 0 radical (unpaired) electrons. The SMILES string of the molecule is CCOc1cccnc1-n1cc2c3c(cccc31)N(C)C(=O)C(N)C2. The van der Waals surface area contributed by atoms with Crippen molar-refractivity contribution >= 4 is 22.5 Å². The molecule has 3 aromatic rings. The number of likely N-dealkylation sites (N-methyl/N-ethyl adjacent to an activating group) is 1. The fourth-order valence-electron chi connectivity index (χ4n) is 3.48. The molecule has 25 heavy (non-hydrogen) atoms. The van der Waals surface area contributed by atoms with Gasteiger partial charge in [-0.3, -0.25) is 9.36 Å². The van der Waals surface area contributed by atoms with Gasteiger partial charge in [-0.05, 0) is 43.2 Å². The standard InChI is InChI=1S/C19H20N4O2/c1-3-25-16-8-5-9-21-18(16)23-11-12-10-13(20)19(24)22(2)14-6-4-7-15(23)17(12)14/h4-9,11,13H,3,10,20H2,1-2H3. The van der Waals surface area contributed by atoms with Crippen LogP contribution in [0.25, 0.3) is 16.7 Å². The van der Waals surface area contributed by atoms with Crippen LogP contribution in [0.2, 0.25) is 0 Å². The number of hydrogen-bond acceptors (Lipinski definition) is 4. The number of carbonyl (C=O) groups excluding carboxylic acids is 1. The van der Waals surface area contributed by atoms with E-state index in [2.05, 4.69) is 4.98 Å². The van der Waals surface area contributed by atoms with Crippen molar-refractivity contribution in [3.05, 3.63) is 48.3 Å². The summed E-state index contributed by atoms with van der Waals surface area (Å²) in [5.74, 6) is 1.40. The zero-order chi connectivity index (χ0) is 17.6. The molecule has 1 aliphatic heterocycles. The molecule has 0 saturated heterocycles. The first kappa shape index (κ1) is 15.7. The number of anilines is 1. The Balaban J connectivity index is 2.00. The third kappa shape index (κ3) is 2.37. The number of hydrogen-bond donors (Lipinski definition) is 1. The molecule has 2 aromatic heterocycles. The molecule has 6 heteroatoms. The van der Waals surface area contributed by atoms with Crippen molar-refractivity contribution in [3.63, 3.8) is 0 Å². The van der Waals surface area contributed by atoms with Gasteiger partial charge in [-0.1, -0.05) is 6.07 Å². The molecule has 4 rings (SSSR count). The van der Waals surface area contributed by atoms with Gasteiger partial charge in [0, 0.05) is 24.8 Å². The summed E-state index contributed by atoms with van der Waals surface area (Å²) in [5, 5.41) is 1.04. The van der Waals surface area contributed by atoms with Gasteiger partial charge in [-0.25, -0.2) is 4.98 Å². The molecule has 128 valence electrons. The molecule has 0 saturated carbocycles. The van der Waals surface area contributed by atoms with Gasteiger partial charge in [0.05, 0.1) is 23.9 Å². The third-order valence-electron chi connectivity index (χ3n) is 4.61. The molecule has 2 N–H and O–H groups in total. The van der Waals surface area contributed by atoms with Crippen LogP contribution in [-0.4, -0.2) is 35.2 Å². The quantitative estimate of drug-likeness (QED) is 0.796. The van der Waals surface area contributed by atoms with Crippen LogP contribution in [0.1, 0.15) is 12.5 Å². The number of aromatic nitrogens is 2. The van der Waals surface area contributed by atoms with Gasteiger partial charge in [0.1, 0.15) is 0 Å². The normalized spacial score (nSPS) is 17.0. The third-order valence-corrected chi connectivity index (χ3v) is 4.61. The van der Waals surface area contributed by atoms with E-state index < -0.39 is 6.04 Å². The number of nitrogens with two attached hydrogens (primary N) is 1. The van der Waals surface area contributed by atoms with Crippen LogP contribution in [0.5, 0.6) is 5.75 Å². The molecule has 1 aliphatic rings. The van der Waals surface area contributed by atoms with Crippen molar-refractivity contribution in [3.8, 4) is 11.6 Å². The van der Waals surface area contributed by atoms with Crippen molar-refractivity contribution in [1.82, 2.24) is 9.55 Å². The second kappa shape index (κ2) is 5.89. The number of amides is 1. The minimum atomic E-state index is -0.549. The van der Waals surface area contributed by atoms with Gasteiger partial charge in [0.2, 0.25) is 5.91 Å². The van der Waals surface area contributed by atoms with E-state index in [0.717, 1.165) is 33.7 Å². The van der Waals surface area contributed by atoms with Crippen molar-refractivity contribution in [2.45, 2.75) is 19.4 Å². The summed E-state index contributed by atoms with van der Waals surface area (Å²) in [4.78, 5) is 18.6. The monoisotopic (exact) mass is 336 g/mol. The predicted octanol–water partition coefficient (Wildman–Crippen LogP) is 2.27. The lowest BCUT2D eigenvalue weighted by molar-refractivity contribution is -0.119. The molecule has 0 bridgehead atoms. The lowest BCUT2D eigenvalue weighted by atomic mass is 10.1. The maximum absolute atomic E-state index is 12.4. The molecule has 0 fully saturated rings. The van der Waals surface area contributed by atoms with E-state index >= 15 is 0 Å². The summed E-state index contributed by atoms with van der Waals surface area (Å²) in [6, 6.07) is 9.15. The Bertz CT molecular complexity index is 963. The van der Waals surface area contributed by atoms with E-state index in [1.54, 1.807) is 18.1 Å². The van der Waals surface area contributed by atoms with E-state index in [-0.39, 0.29) is 5.91 Å². The van der Waals surface area contributed by atoms with Crippen LogP contribution < -0.4 is 15.4 Å². The Kier molecular flexibility index (Phi) is 3.69. The van der Waals surface area contributed by atoms with E-state index in [1.165, 1.54) is 0 Å². The Morgan fingerprint density at radius 3 is 2.96 bits per heavy atom. The Hall–Kier alpha value is -2.86. The lowest BCUT2D eigenvalue weighted by Gasteiger charge is -2.19. The second-order valence-corrected chi connectivity index (χ2v) is 6.16. The summed E-state index contributed by atoms with van der Waals surface area (Å²) < 4.78 is 7.76. The van der Waals surface area contributed by atoms with E-state index in [1.807, 2.05) is 48.0 Å². The summed E-state index contributed by atoms with van der Waals surface area (Å²) in [6.07, 6.45) is 4.27. The average molecular weight is 336 g/mol. The van der Waals surface area contributed by atoms with Gasteiger partial charge in [0.15, 0.2) is 11.6 Å². The fraction of sp³-hybridized carbons (Fsp3) is 0.263. The number of carbonyl (C=O) groups is 1. The van der Waals surface area contributed by atoms with Crippen LogP contribution in [0.3, 0.4) is 0 Å². The first-order chi connectivity index (χ1) is 12.1. The molecular formula is C19H20N4O2. The summed E-state index contributed by atoms with van der Waals surface area (Å²) in [6.45, 7) is 2.52. The minimum absolute atomic E-state index is 0.0666. The van der Waals surface area contributed by atoms with Crippen LogP contribution in [0, 0.1) is 0 Å². The van der Waals surface area contributed by atoms with Crippen LogP contribution in [0.15, 0.2) is 42.7 Å².